The molecule has 3 aromatic rings. The van der Waals surface area contributed by atoms with Gasteiger partial charge in [0.25, 0.3) is 5.56 Å². The van der Waals surface area contributed by atoms with Crippen molar-refractivity contribution in [2.75, 3.05) is 0 Å². The van der Waals surface area contributed by atoms with E-state index in [-0.39, 0.29) is 11.1 Å². The summed E-state index contributed by atoms with van der Waals surface area (Å²) in [7, 11) is 0. The van der Waals surface area contributed by atoms with Crippen molar-refractivity contribution in [1.29, 1.82) is 0 Å². The summed E-state index contributed by atoms with van der Waals surface area (Å²) in [5, 5.41) is 9.88. The maximum absolute atomic E-state index is 12.0. The molecule has 0 saturated heterocycles. The van der Waals surface area contributed by atoms with E-state index in [9.17, 15) is 9.59 Å². The molecule has 0 amide bonds. The Morgan fingerprint density at radius 3 is 2.76 bits per heavy atom. The Labute approximate surface area is 120 Å². The molecule has 21 heavy (non-hydrogen) atoms. The summed E-state index contributed by atoms with van der Waals surface area (Å²) in [6.07, 6.45) is 3.20. The molecule has 0 aliphatic rings. The highest BCUT2D eigenvalue weighted by molar-refractivity contribution is 5.87. The molecular weight excluding hydrogens is 268 g/mol. The van der Waals surface area contributed by atoms with Crippen LogP contribution in [0.25, 0.3) is 10.9 Å². The largest absolute Gasteiger partial charge is 0.478 e. The van der Waals surface area contributed by atoms with Crippen LogP contribution in [0.2, 0.25) is 0 Å². The van der Waals surface area contributed by atoms with Gasteiger partial charge in [-0.1, -0.05) is 24.3 Å². The van der Waals surface area contributed by atoms with Crippen molar-refractivity contribution in [2.24, 2.45) is 0 Å². The first-order valence-corrected chi connectivity index (χ1v) is 6.41. The summed E-state index contributed by atoms with van der Waals surface area (Å²) in [5.41, 5.74) is 1.41. The zero-order valence-corrected chi connectivity index (χ0v) is 11.1. The van der Waals surface area contributed by atoms with Gasteiger partial charge in [0.2, 0.25) is 0 Å². The molecule has 1 N–H and O–H groups in total. The van der Waals surface area contributed by atoms with Crippen LogP contribution in [0.3, 0.4) is 0 Å². The molecule has 0 aliphatic carbocycles. The Morgan fingerprint density at radius 1 is 1.19 bits per heavy atom. The van der Waals surface area contributed by atoms with Crippen LogP contribution in [0, 0.1) is 0 Å². The Bertz CT molecular complexity index is 879. The minimum atomic E-state index is -1.11. The van der Waals surface area contributed by atoms with Gasteiger partial charge in [-0.3, -0.25) is 9.78 Å². The van der Waals surface area contributed by atoms with Gasteiger partial charge in [0.05, 0.1) is 17.6 Å². The zero-order chi connectivity index (χ0) is 14.8. The number of aromatic nitrogens is 2. The third kappa shape index (κ3) is 2.53. The fraction of sp³-hybridized carbons (Fsp3) is 0.0625. The Hall–Kier alpha value is -2.95. The summed E-state index contributed by atoms with van der Waals surface area (Å²) in [4.78, 5) is 27.1. The summed E-state index contributed by atoms with van der Waals surface area (Å²) in [6, 6.07) is 12.1. The molecule has 0 fully saturated rings. The third-order valence-corrected chi connectivity index (χ3v) is 3.30. The monoisotopic (exact) mass is 280 g/mol. The van der Waals surface area contributed by atoms with Crippen molar-refractivity contribution in [3.05, 3.63) is 76.3 Å². The molecule has 1 aromatic carbocycles. The zero-order valence-electron chi connectivity index (χ0n) is 11.1. The number of fused-ring (bicyclic) bond motifs is 1. The van der Waals surface area contributed by atoms with Crippen LogP contribution in [0.1, 0.15) is 15.9 Å². The lowest BCUT2D eigenvalue weighted by Crippen LogP contribution is -2.21. The lowest BCUT2D eigenvalue weighted by molar-refractivity contribution is 0.0696. The molecule has 5 heteroatoms. The topological polar surface area (TPSA) is 72.2 Å². The van der Waals surface area contributed by atoms with Crippen molar-refractivity contribution >= 4 is 16.9 Å². The molecule has 0 spiro atoms. The van der Waals surface area contributed by atoms with Gasteiger partial charge < -0.3 is 9.67 Å². The predicted molar refractivity (Wildman–Crippen MR) is 78.5 cm³/mol. The highest BCUT2D eigenvalue weighted by Gasteiger charge is 2.07. The quantitative estimate of drug-likeness (QED) is 0.797. The Balaban J connectivity index is 2.03. The van der Waals surface area contributed by atoms with E-state index in [1.54, 1.807) is 6.20 Å². The molecular formula is C16H12N2O3. The molecule has 3 rings (SSSR count). The van der Waals surface area contributed by atoms with Crippen LogP contribution in [-0.4, -0.2) is 20.6 Å². The summed E-state index contributed by atoms with van der Waals surface area (Å²) >= 11 is 0. The lowest BCUT2D eigenvalue weighted by Gasteiger charge is -2.08. The average molecular weight is 280 g/mol. The van der Waals surface area contributed by atoms with Crippen LogP contribution < -0.4 is 5.56 Å². The minimum absolute atomic E-state index is 0.00713. The van der Waals surface area contributed by atoms with Gasteiger partial charge in [-0.05, 0) is 17.7 Å². The number of hydrogen-bond donors (Lipinski definition) is 1. The molecule has 0 bridgehead atoms. The molecule has 2 aromatic heterocycles. The molecule has 0 radical (unpaired) electrons. The van der Waals surface area contributed by atoms with E-state index in [1.165, 1.54) is 16.8 Å². The van der Waals surface area contributed by atoms with E-state index in [2.05, 4.69) is 4.98 Å². The average Bonchev–Trinajstić information content (AvgIpc) is 2.49. The van der Waals surface area contributed by atoms with Gasteiger partial charge in [-0.2, -0.15) is 0 Å². The molecule has 2 heterocycles. The first-order chi connectivity index (χ1) is 10.1. The number of pyridine rings is 2. The van der Waals surface area contributed by atoms with E-state index < -0.39 is 5.97 Å². The van der Waals surface area contributed by atoms with Crippen molar-refractivity contribution in [3.63, 3.8) is 0 Å². The Morgan fingerprint density at radius 2 is 2.00 bits per heavy atom. The number of aromatic carboxylic acids is 1. The third-order valence-electron chi connectivity index (χ3n) is 3.30. The number of benzene rings is 1. The van der Waals surface area contributed by atoms with Gasteiger partial charge in [-0.25, -0.2) is 4.79 Å². The second-order valence-corrected chi connectivity index (χ2v) is 4.68. The number of hydrogen-bond acceptors (Lipinski definition) is 3. The van der Waals surface area contributed by atoms with Gasteiger partial charge in [0, 0.05) is 23.8 Å². The van der Waals surface area contributed by atoms with E-state index in [0.717, 1.165) is 22.5 Å². The highest BCUT2D eigenvalue weighted by Crippen LogP contribution is 2.16. The van der Waals surface area contributed by atoms with Crippen LogP contribution in [0.5, 0.6) is 0 Å². The second kappa shape index (κ2) is 5.20. The number of nitrogens with zero attached hydrogens (tertiary/aromatic N) is 2. The van der Waals surface area contributed by atoms with Gasteiger partial charge in [-0.15, -0.1) is 0 Å². The molecule has 0 atom stereocenters. The number of carboxylic acids is 1. The first-order valence-electron chi connectivity index (χ1n) is 6.41. The fourth-order valence-corrected chi connectivity index (χ4v) is 2.25. The standard InChI is InChI=1S/C16H12N2O3/c19-14-9-12(16(20)21)6-8-18(14)10-13-4-1-3-11-5-2-7-17-15(11)13/h1-9H,10H2,(H,20,21). The molecule has 0 unspecified atom stereocenters. The van der Waals surface area contributed by atoms with Crippen molar-refractivity contribution in [1.82, 2.24) is 9.55 Å². The fourth-order valence-electron chi connectivity index (χ4n) is 2.25. The molecule has 5 nitrogen and oxygen atoms in total. The van der Waals surface area contributed by atoms with E-state index in [0.29, 0.717) is 6.54 Å². The van der Waals surface area contributed by atoms with Crippen molar-refractivity contribution < 1.29 is 9.90 Å². The minimum Gasteiger partial charge on any atom is -0.478 e. The predicted octanol–water partition coefficient (Wildman–Crippen LogP) is 2.14. The lowest BCUT2D eigenvalue weighted by atomic mass is 10.1. The number of carboxylic acid groups (broad SMARTS) is 1. The maximum Gasteiger partial charge on any atom is 0.335 e. The molecule has 0 aliphatic heterocycles. The number of rotatable bonds is 3. The normalized spacial score (nSPS) is 10.7. The van der Waals surface area contributed by atoms with E-state index in [1.807, 2.05) is 30.3 Å². The summed E-state index contributed by atoms with van der Waals surface area (Å²) < 4.78 is 1.47. The first kappa shape index (κ1) is 13.1. The summed E-state index contributed by atoms with van der Waals surface area (Å²) in [6.45, 7) is 0.354. The van der Waals surface area contributed by atoms with Gasteiger partial charge in [0.1, 0.15) is 0 Å². The Kier molecular flexibility index (Phi) is 3.23. The maximum atomic E-state index is 12.0. The molecule has 0 saturated carbocycles. The van der Waals surface area contributed by atoms with Crippen molar-refractivity contribution in [3.8, 4) is 0 Å². The summed E-state index contributed by atoms with van der Waals surface area (Å²) in [5.74, 6) is -1.11. The van der Waals surface area contributed by atoms with E-state index in [4.69, 9.17) is 5.11 Å². The van der Waals surface area contributed by atoms with E-state index >= 15 is 0 Å². The van der Waals surface area contributed by atoms with Crippen LogP contribution in [0.15, 0.2) is 59.7 Å². The number of para-hydroxylation sites is 1. The number of carbonyl (C=O) groups is 1. The van der Waals surface area contributed by atoms with Crippen LogP contribution in [-0.2, 0) is 6.54 Å². The smallest absolute Gasteiger partial charge is 0.335 e. The van der Waals surface area contributed by atoms with Gasteiger partial charge >= 0.3 is 5.97 Å². The SMILES string of the molecule is O=C(O)c1ccn(Cc2cccc3cccnc23)c(=O)c1. The van der Waals surface area contributed by atoms with Gasteiger partial charge in [0.15, 0.2) is 0 Å². The molecule has 104 valence electrons. The van der Waals surface area contributed by atoms with Crippen molar-refractivity contribution in [2.45, 2.75) is 6.54 Å². The highest BCUT2D eigenvalue weighted by atomic mass is 16.4. The van der Waals surface area contributed by atoms with Crippen LogP contribution in [0.4, 0.5) is 0 Å². The second-order valence-electron chi connectivity index (χ2n) is 4.68. The van der Waals surface area contributed by atoms with Crippen LogP contribution >= 0.6 is 0 Å².